The summed E-state index contributed by atoms with van der Waals surface area (Å²) in [7, 11) is 3.45. The van der Waals surface area contributed by atoms with Gasteiger partial charge in [-0.1, -0.05) is 37.3 Å². The minimum Gasteiger partial charge on any atom is -0.480 e. The lowest BCUT2D eigenvalue weighted by Crippen LogP contribution is -2.46. The van der Waals surface area contributed by atoms with Crippen LogP contribution in [0.2, 0.25) is 0 Å². The first-order valence-electron chi connectivity index (χ1n) is 8.74. The lowest BCUT2D eigenvalue weighted by Gasteiger charge is -2.27. The summed E-state index contributed by atoms with van der Waals surface area (Å²) < 4.78 is 1.81. The molecule has 2 aromatic rings. The quantitative estimate of drug-likeness (QED) is 0.825. The Morgan fingerprint density at radius 1 is 1.19 bits per heavy atom. The van der Waals surface area contributed by atoms with Gasteiger partial charge in [0.2, 0.25) is 5.91 Å². The summed E-state index contributed by atoms with van der Waals surface area (Å²) in [5.41, 5.74) is 3.89. The topological polar surface area (TPSA) is 75.4 Å². The highest BCUT2D eigenvalue weighted by Gasteiger charge is 2.30. The van der Waals surface area contributed by atoms with Crippen molar-refractivity contribution in [3.05, 3.63) is 52.8 Å². The molecule has 0 saturated heterocycles. The average molecular weight is 357 g/mol. The molecule has 140 valence electrons. The molecule has 2 atom stereocenters. The van der Waals surface area contributed by atoms with Crippen molar-refractivity contribution in [2.24, 2.45) is 13.0 Å². The molecule has 6 heteroatoms. The molecular weight excluding hydrogens is 330 g/mol. The summed E-state index contributed by atoms with van der Waals surface area (Å²) in [5, 5.41) is 14.0. The van der Waals surface area contributed by atoms with Gasteiger partial charge in [0.05, 0.1) is 5.69 Å². The Hall–Kier alpha value is -2.63. The Labute approximate surface area is 154 Å². The fourth-order valence-corrected chi connectivity index (χ4v) is 3.23. The van der Waals surface area contributed by atoms with E-state index in [0.717, 1.165) is 22.5 Å². The van der Waals surface area contributed by atoms with E-state index in [1.807, 2.05) is 58.2 Å². The Bertz CT molecular complexity index is 783. The van der Waals surface area contributed by atoms with Crippen LogP contribution in [0.15, 0.2) is 30.3 Å². The number of hydrogen-bond donors (Lipinski definition) is 1. The van der Waals surface area contributed by atoms with Crippen molar-refractivity contribution in [3.63, 3.8) is 0 Å². The van der Waals surface area contributed by atoms with Gasteiger partial charge >= 0.3 is 5.97 Å². The van der Waals surface area contributed by atoms with Crippen LogP contribution in [0.3, 0.4) is 0 Å². The molecule has 0 aliphatic heterocycles. The van der Waals surface area contributed by atoms with E-state index in [9.17, 15) is 14.7 Å². The molecule has 2 rings (SSSR count). The van der Waals surface area contributed by atoms with Crippen molar-refractivity contribution in [1.29, 1.82) is 0 Å². The molecule has 26 heavy (non-hydrogen) atoms. The van der Waals surface area contributed by atoms with Gasteiger partial charge in [-0.25, -0.2) is 4.79 Å². The van der Waals surface area contributed by atoms with Crippen LogP contribution in [-0.4, -0.2) is 44.8 Å². The van der Waals surface area contributed by atoms with Crippen molar-refractivity contribution in [3.8, 4) is 0 Å². The largest absolute Gasteiger partial charge is 0.480 e. The second-order valence-corrected chi connectivity index (χ2v) is 6.87. The summed E-state index contributed by atoms with van der Waals surface area (Å²) in [6, 6.07) is 8.48. The van der Waals surface area contributed by atoms with Gasteiger partial charge < -0.3 is 10.0 Å². The van der Waals surface area contributed by atoms with Gasteiger partial charge in [-0.05, 0) is 31.4 Å². The number of carbonyl (C=O) groups excluding carboxylic acids is 1. The molecule has 0 bridgehead atoms. The smallest absolute Gasteiger partial charge is 0.326 e. The van der Waals surface area contributed by atoms with Gasteiger partial charge in [-0.3, -0.25) is 9.48 Å². The van der Waals surface area contributed by atoms with Crippen LogP contribution in [0.4, 0.5) is 0 Å². The number of rotatable bonds is 7. The van der Waals surface area contributed by atoms with E-state index in [-0.39, 0.29) is 18.2 Å². The van der Waals surface area contributed by atoms with Gasteiger partial charge in [-0.15, -0.1) is 0 Å². The van der Waals surface area contributed by atoms with E-state index < -0.39 is 12.0 Å². The van der Waals surface area contributed by atoms with Crippen LogP contribution in [0.1, 0.15) is 29.4 Å². The second kappa shape index (κ2) is 8.17. The standard InChI is InChI=1S/C20H27N3O3/c1-13(11-17-14(2)21-23(5)15(17)3)19(24)22(4)18(20(25)26)12-16-9-7-6-8-10-16/h6-10,13,18H,11-12H2,1-5H3,(H,25,26). The highest BCUT2D eigenvalue weighted by atomic mass is 16.4. The second-order valence-electron chi connectivity index (χ2n) is 6.87. The van der Waals surface area contributed by atoms with Gasteiger partial charge in [0.25, 0.3) is 0 Å². The van der Waals surface area contributed by atoms with Crippen LogP contribution in [-0.2, 0) is 29.5 Å². The summed E-state index contributed by atoms with van der Waals surface area (Å²) in [6.07, 6.45) is 0.836. The molecule has 0 spiro atoms. The van der Waals surface area contributed by atoms with Gasteiger partial charge in [-0.2, -0.15) is 5.10 Å². The van der Waals surface area contributed by atoms with Gasteiger partial charge in [0, 0.05) is 32.1 Å². The molecule has 1 amide bonds. The number of hydrogen-bond acceptors (Lipinski definition) is 3. The number of aryl methyl sites for hydroxylation is 2. The zero-order valence-electron chi connectivity index (χ0n) is 16.1. The number of carbonyl (C=O) groups is 2. The van der Waals surface area contributed by atoms with E-state index in [0.29, 0.717) is 6.42 Å². The van der Waals surface area contributed by atoms with Gasteiger partial charge in [0.1, 0.15) is 6.04 Å². The highest BCUT2D eigenvalue weighted by molar-refractivity contribution is 5.85. The molecule has 0 fully saturated rings. The summed E-state index contributed by atoms with van der Waals surface area (Å²) in [5.74, 6) is -1.49. The summed E-state index contributed by atoms with van der Waals surface area (Å²) >= 11 is 0. The van der Waals surface area contributed by atoms with Crippen LogP contribution >= 0.6 is 0 Å². The molecular formula is C20H27N3O3. The number of aromatic nitrogens is 2. The first-order valence-corrected chi connectivity index (χ1v) is 8.74. The molecule has 1 aromatic heterocycles. The molecule has 0 aliphatic carbocycles. The predicted octanol–water partition coefficient (Wildman–Crippen LogP) is 2.37. The fourth-order valence-electron chi connectivity index (χ4n) is 3.23. The van der Waals surface area contributed by atoms with Crippen molar-refractivity contribution < 1.29 is 14.7 Å². The Kier molecular flexibility index (Phi) is 6.18. The number of amides is 1. The average Bonchev–Trinajstić information content (AvgIpc) is 2.85. The molecule has 1 N–H and O–H groups in total. The maximum atomic E-state index is 12.8. The Morgan fingerprint density at radius 3 is 2.31 bits per heavy atom. The van der Waals surface area contributed by atoms with E-state index in [1.165, 1.54) is 4.90 Å². The molecule has 6 nitrogen and oxygen atoms in total. The van der Waals surface area contributed by atoms with Gasteiger partial charge in [0.15, 0.2) is 0 Å². The minimum absolute atomic E-state index is 0.170. The number of nitrogens with zero attached hydrogens (tertiary/aromatic N) is 3. The van der Waals surface area contributed by atoms with Crippen LogP contribution in [0, 0.1) is 19.8 Å². The molecule has 2 unspecified atom stereocenters. The lowest BCUT2D eigenvalue weighted by atomic mass is 9.97. The first-order chi connectivity index (χ1) is 12.2. The number of carboxylic acids is 1. The third-order valence-corrected chi connectivity index (χ3v) is 4.96. The number of carboxylic acid groups (broad SMARTS) is 1. The van der Waals surface area contributed by atoms with E-state index >= 15 is 0 Å². The fraction of sp³-hybridized carbons (Fsp3) is 0.450. The van der Waals surface area contributed by atoms with Crippen LogP contribution in [0.5, 0.6) is 0 Å². The Balaban J connectivity index is 2.13. The predicted molar refractivity (Wildman–Crippen MR) is 99.9 cm³/mol. The van der Waals surface area contributed by atoms with E-state index in [4.69, 9.17) is 0 Å². The summed E-state index contributed by atoms with van der Waals surface area (Å²) in [6.45, 7) is 5.75. The van der Waals surface area contributed by atoms with Crippen molar-refractivity contribution in [2.45, 2.75) is 39.7 Å². The summed E-state index contributed by atoms with van der Waals surface area (Å²) in [4.78, 5) is 25.9. The normalized spacial score (nSPS) is 13.3. The highest BCUT2D eigenvalue weighted by Crippen LogP contribution is 2.19. The molecule has 0 aliphatic rings. The third kappa shape index (κ3) is 4.31. The van der Waals surface area contributed by atoms with E-state index in [2.05, 4.69) is 5.10 Å². The molecule has 1 heterocycles. The zero-order valence-corrected chi connectivity index (χ0v) is 16.1. The van der Waals surface area contributed by atoms with Crippen LogP contribution in [0.25, 0.3) is 0 Å². The van der Waals surface area contributed by atoms with E-state index in [1.54, 1.807) is 11.7 Å². The van der Waals surface area contributed by atoms with Crippen molar-refractivity contribution in [1.82, 2.24) is 14.7 Å². The SMILES string of the molecule is Cc1nn(C)c(C)c1CC(C)C(=O)N(C)C(Cc1ccccc1)C(=O)O. The number of benzene rings is 1. The van der Waals surface area contributed by atoms with Crippen LogP contribution < -0.4 is 0 Å². The molecule has 0 radical (unpaired) electrons. The molecule has 0 saturated carbocycles. The third-order valence-electron chi connectivity index (χ3n) is 4.96. The maximum absolute atomic E-state index is 12.8. The minimum atomic E-state index is -0.995. The van der Waals surface area contributed by atoms with Crippen molar-refractivity contribution in [2.75, 3.05) is 7.05 Å². The first kappa shape index (κ1) is 19.7. The monoisotopic (exact) mass is 357 g/mol. The van der Waals surface area contributed by atoms with Crippen molar-refractivity contribution >= 4 is 11.9 Å². The Morgan fingerprint density at radius 2 is 1.81 bits per heavy atom. The zero-order chi connectivity index (χ0) is 19.4. The number of likely N-dealkylation sites (N-methyl/N-ethyl adjacent to an activating group) is 1. The maximum Gasteiger partial charge on any atom is 0.326 e. The lowest BCUT2D eigenvalue weighted by molar-refractivity contribution is -0.150. The molecule has 1 aromatic carbocycles. The number of aliphatic carboxylic acids is 1.